The Bertz CT molecular complexity index is 495. The van der Waals surface area contributed by atoms with Gasteiger partial charge in [-0.25, -0.2) is 0 Å². The van der Waals surface area contributed by atoms with E-state index in [1.165, 1.54) is 18.3 Å². The lowest BCUT2D eigenvalue weighted by molar-refractivity contribution is 0.0965. The van der Waals surface area contributed by atoms with Gasteiger partial charge in [-0.2, -0.15) is 0 Å². The fraction of sp³-hybridized carbons (Fsp3) is 0.571. The lowest BCUT2D eigenvalue weighted by Crippen LogP contribution is -2.20. The van der Waals surface area contributed by atoms with Crippen LogP contribution in [0.1, 0.15) is 53.6 Å². The van der Waals surface area contributed by atoms with Gasteiger partial charge in [-0.05, 0) is 18.8 Å². The predicted molar refractivity (Wildman–Crippen MR) is 84.7 cm³/mol. The zero-order valence-corrected chi connectivity index (χ0v) is 13.3. The van der Waals surface area contributed by atoms with Crippen molar-refractivity contribution in [1.82, 2.24) is 5.32 Å². The third-order valence-electron chi connectivity index (χ3n) is 2.96. The number of nitrogens with one attached hydrogen (secondary N) is 2. The highest BCUT2D eigenvalue weighted by atomic mass is 32.1. The van der Waals surface area contributed by atoms with Crippen molar-refractivity contribution in [3.63, 3.8) is 0 Å². The smallest absolute Gasteiger partial charge is 0.256 e. The molecule has 4 N–H and O–H groups in total. The maximum atomic E-state index is 11.9. The number of nitrogen functional groups attached to an aromatic ring is 1. The van der Waals surface area contributed by atoms with Crippen molar-refractivity contribution in [3.8, 4) is 0 Å². The number of carbonyl (C=O) groups excluding carboxylic acids is 2. The van der Waals surface area contributed by atoms with Crippen LogP contribution in [0, 0.1) is 5.92 Å². The van der Waals surface area contributed by atoms with E-state index in [9.17, 15) is 9.59 Å². The molecule has 0 spiro atoms. The molecule has 1 aromatic heterocycles. The molecular weight excluding hydrogens is 274 g/mol. The first-order valence-electron chi connectivity index (χ1n) is 6.77. The highest BCUT2D eigenvalue weighted by molar-refractivity contribution is 7.19. The van der Waals surface area contributed by atoms with E-state index < -0.39 is 0 Å². The van der Waals surface area contributed by atoms with Gasteiger partial charge in [-0.3, -0.25) is 9.59 Å². The second-order valence-corrected chi connectivity index (χ2v) is 6.17. The number of Topliss-reactive ketones (excluding diaryl/α,β-unsaturated/α-hetero) is 1. The molecule has 0 fully saturated rings. The second kappa shape index (κ2) is 7.28. The summed E-state index contributed by atoms with van der Waals surface area (Å²) in [7, 11) is 1.55. The van der Waals surface area contributed by atoms with Crippen LogP contribution in [0.5, 0.6) is 0 Å². The highest BCUT2D eigenvalue weighted by Crippen LogP contribution is 2.36. The maximum Gasteiger partial charge on any atom is 0.256 e. The monoisotopic (exact) mass is 297 g/mol. The van der Waals surface area contributed by atoms with Crippen molar-refractivity contribution in [2.24, 2.45) is 5.92 Å². The number of anilines is 2. The zero-order chi connectivity index (χ0) is 15.3. The van der Waals surface area contributed by atoms with Gasteiger partial charge in [-0.15, -0.1) is 11.3 Å². The van der Waals surface area contributed by atoms with Crippen molar-refractivity contribution in [2.45, 2.75) is 33.6 Å². The Kier molecular flexibility index (Phi) is 6.01. The first kappa shape index (κ1) is 16.5. The molecule has 0 atom stereocenters. The van der Waals surface area contributed by atoms with Gasteiger partial charge >= 0.3 is 0 Å². The van der Waals surface area contributed by atoms with Gasteiger partial charge in [0.15, 0.2) is 5.78 Å². The summed E-state index contributed by atoms with van der Waals surface area (Å²) >= 11 is 1.25. The Labute approximate surface area is 123 Å². The SMILES string of the molecule is CNC(=O)c1c(NCCCC(C)C)sc(C(C)=O)c1N. The summed E-state index contributed by atoms with van der Waals surface area (Å²) in [4.78, 5) is 23.9. The van der Waals surface area contributed by atoms with Crippen LogP contribution in [-0.2, 0) is 0 Å². The van der Waals surface area contributed by atoms with E-state index in [4.69, 9.17) is 5.73 Å². The van der Waals surface area contributed by atoms with Crippen LogP contribution in [0.2, 0.25) is 0 Å². The van der Waals surface area contributed by atoms with Gasteiger partial charge in [0.25, 0.3) is 5.91 Å². The molecule has 1 amide bonds. The van der Waals surface area contributed by atoms with Crippen LogP contribution >= 0.6 is 11.3 Å². The summed E-state index contributed by atoms with van der Waals surface area (Å²) in [5.41, 5.74) is 6.58. The molecule has 1 rings (SSSR count). The van der Waals surface area contributed by atoms with E-state index in [0.29, 0.717) is 21.4 Å². The zero-order valence-electron chi connectivity index (χ0n) is 12.5. The topological polar surface area (TPSA) is 84.2 Å². The van der Waals surface area contributed by atoms with E-state index >= 15 is 0 Å². The molecule has 0 aliphatic heterocycles. The van der Waals surface area contributed by atoms with Crippen molar-refractivity contribution < 1.29 is 9.59 Å². The summed E-state index contributed by atoms with van der Waals surface area (Å²) in [5, 5.41) is 6.46. The van der Waals surface area contributed by atoms with Crippen molar-refractivity contribution in [3.05, 3.63) is 10.4 Å². The number of carbonyl (C=O) groups is 2. The molecule has 0 aliphatic carbocycles. The van der Waals surface area contributed by atoms with Crippen molar-refractivity contribution >= 4 is 33.7 Å². The summed E-state index contributed by atoms with van der Waals surface area (Å²) in [5.74, 6) is 0.266. The third-order valence-corrected chi connectivity index (χ3v) is 4.23. The predicted octanol–water partition coefficient (Wildman–Crippen LogP) is 2.74. The van der Waals surface area contributed by atoms with Crippen LogP contribution in [0.3, 0.4) is 0 Å². The molecule has 0 radical (unpaired) electrons. The standard InChI is InChI=1S/C14H23N3O2S/c1-8(2)6-5-7-17-14-10(13(19)16-4)11(15)12(20-14)9(3)18/h8,17H,5-7,15H2,1-4H3,(H,16,19). The molecule has 0 aliphatic rings. The minimum Gasteiger partial charge on any atom is -0.397 e. The molecule has 0 unspecified atom stereocenters. The average molecular weight is 297 g/mol. The molecule has 0 bridgehead atoms. The number of amides is 1. The Hall–Kier alpha value is -1.56. The molecule has 6 heteroatoms. The Morgan fingerprint density at radius 1 is 1.35 bits per heavy atom. The van der Waals surface area contributed by atoms with Crippen LogP contribution < -0.4 is 16.4 Å². The number of hydrogen-bond acceptors (Lipinski definition) is 5. The minimum atomic E-state index is -0.266. The normalized spacial score (nSPS) is 10.7. The number of rotatable bonds is 7. The third kappa shape index (κ3) is 3.96. The fourth-order valence-electron chi connectivity index (χ4n) is 1.89. The molecule has 5 nitrogen and oxygen atoms in total. The van der Waals surface area contributed by atoms with Gasteiger partial charge in [-0.1, -0.05) is 13.8 Å². The van der Waals surface area contributed by atoms with Crippen LogP contribution in [-0.4, -0.2) is 25.3 Å². The van der Waals surface area contributed by atoms with E-state index in [2.05, 4.69) is 24.5 Å². The summed E-state index contributed by atoms with van der Waals surface area (Å²) in [6.45, 7) is 6.57. The van der Waals surface area contributed by atoms with Gasteiger partial charge in [0.05, 0.1) is 16.1 Å². The number of nitrogens with two attached hydrogens (primary N) is 1. The first-order valence-corrected chi connectivity index (χ1v) is 7.59. The molecular formula is C14H23N3O2S. The highest BCUT2D eigenvalue weighted by Gasteiger charge is 2.23. The summed E-state index contributed by atoms with van der Waals surface area (Å²) in [6, 6.07) is 0. The van der Waals surface area contributed by atoms with Crippen molar-refractivity contribution in [2.75, 3.05) is 24.6 Å². The van der Waals surface area contributed by atoms with Crippen molar-refractivity contribution in [1.29, 1.82) is 0 Å². The lowest BCUT2D eigenvalue weighted by atomic mass is 10.1. The Morgan fingerprint density at radius 2 is 2.00 bits per heavy atom. The Balaban J connectivity index is 2.90. The molecule has 20 heavy (non-hydrogen) atoms. The van der Waals surface area contributed by atoms with Gasteiger partial charge in [0.1, 0.15) is 5.00 Å². The van der Waals surface area contributed by atoms with Gasteiger partial charge < -0.3 is 16.4 Å². The first-order chi connectivity index (χ1) is 9.38. The van der Waals surface area contributed by atoms with E-state index in [0.717, 1.165) is 19.4 Å². The van der Waals surface area contributed by atoms with Crippen LogP contribution in [0.25, 0.3) is 0 Å². The quantitative estimate of drug-likeness (QED) is 0.533. The number of hydrogen-bond donors (Lipinski definition) is 3. The van der Waals surface area contributed by atoms with Crippen LogP contribution in [0.4, 0.5) is 10.7 Å². The van der Waals surface area contributed by atoms with Gasteiger partial charge in [0, 0.05) is 20.5 Å². The molecule has 0 saturated carbocycles. The number of thiophene rings is 1. The van der Waals surface area contributed by atoms with E-state index in [-0.39, 0.29) is 17.4 Å². The molecule has 1 aromatic rings. The summed E-state index contributed by atoms with van der Waals surface area (Å²) < 4.78 is 0. The second-order valence-electron chi connectivity index (χ2n) is 5.15. The minimum absolute atomic E-state index is 0.118. The van der Waals surface area contributed by atoms with Crippen LogP contribution in [0.15, 0.2) is 0 Å². The van der Waals surface area contributed by atoms with E-state index in [1.807, 2.05) is 0 Å². The van der Waals surface area contributed by atoms with E-state index in [1.54, 1.807) is 7.05 Å². The average Bonchev–Trinajstić information content (AvgIpc) is 2.71. The summed E-state index contributed by atoms with van der Waals surface area (Å²) in [6.07, 6.45) is 2.13. The lowest BCUT2D eigenvalue weighted by Gasteiger charge is -2.08. The Morgan fingerprint density at radius 3 is 2.50 bits per heavy atom. The maximum absolute atomic E-state index is 11.9. The molecule has 0 aromatic carbocycles. The number of ketones is 1. The fourth-order valence-corrected chi connectivity index (χ4v) is 2.93. The molecule has 1 heterocycles. The molecule has 0 saturated heterocycles. The largest absolute Gasteiger partial charge is 0.397 e. The molecule has 112 valence electrons. The van der Waals surface area contributed by atoms with Gasteiger partial charge in [0.2, 0.25) is 0 Å².